The molecule has 2 aromatic heterocycles. The minimum atomic E-state index is 0.997. The molecule has 0 saturated carbocycles. The fourth-order valence-electron chi connectivity index (χ4n) is 4.25. The van der Waals surface area contributed by atoms with Gasteiger partial charge in [-0.1, -0.05) is 78.9 Å². The van der Waals surface area contributed by atoms with Gasteiger partial charge in [0.1, 0.15) is 5.82 Å². The summed E-state index contributed by atoms with van der Waals surface area (Å²) in [5.74, 6) is 0.997. The summed E-state index contributed by atoms with van der Waals surface area (Å²) in [4.78, 5) is 5.20. The third kappa shape index (κ3) is 2.70. The van der Waals surface area contributed by atoms with Gasteiger partial charge in [0.15, 0.2) is 0 Å². The Morgan fingerprint density at radius 1 is 0.655 bits per heavy atom. The second-order valence-electron chi connectivity index (χ2n) is 7.46. The molecule has 0 aliphatic carbocycles. The predicted molar refractivity (Wildman–Crippen MR) is 121 cm³/mol. The topological polar surface area (TPSA) is 22.8 Å². The van der Waals surface area contributed by atoms with Crippen molar-refractivity contribution in [3.63, 3.8) is 0 Å². The quantitative estimate of drug-likeness (QED) is 0.366. The molecule has 29 heavy (non-hydrogen) atoms. The van der Waals surface area contributed by atoms with E-state index in [0.29, 0.717) is 0 Å². The van der Waals surface area contributed by atoms with Crippen molar-refractivity contribution in [2.24, 2.45) is 14.1 Å². The van der Waals surface area contributed by atoms with E-state index in [1.54, 1.807) is 0 Å². The number of nitrogens with zero attached hydrogens (tertiary/aromatic N) is 3. The number of hydrogen-bond donors (Lipinski definition) is 0. The fourth-order valence-corrected chi connectivity index (χ4v) is 4.25. The minimum absolute atomic E-state index is 0.997. The van der Waals surface area contributed by atoms with Crippen molar-refractivity contribution in [1.82, 2.24) is 14.1 Å². The van der Waals surface area contributed by atoms with Crippen LogP contribution in [0.15, 0.2) is 84.9 Å². The SMILES string of the molecule is Cc1c(-c2nc(-c3ccccc3)c(-c3ccccc3)n2C)c2ccccc2n1C. The van der Waals surface area contributed by atoms with Gasteiger partial charge in [-0.3, -0.25) is 0 Å². The van der Waals surface area contributed by atoms with Crippen molar-refractivity contribution >= 4 is 10.9 Å². The summed E-state index contributed by atoms with van der Waals surface area (Å²) in [5.41, 5.74) is 8.10. The van der Waals surface area contributed by atoms with Gasteiger partial charge in [-0.15, -0.1) is 0 Å². The standard InChI is InChI=1S/C26H23N3/c1-18-23(21-16-10-11-17-22(21)28(18)2)26-27-24(19-12-6-4-7-13-19)25(29(26)3)20-14-8-5-9-15-20/h4-17H,1-3H3. The van der Waals surface area contributed by atoms with E-state index in [-0.39, 0.29) is 0 Å². The van der Waals surface area contributed by atoms with Crippen LogP contribution in [0, 0.1) is 6.92 Å². The maximum absolute atomic E-state index is 5.20. The average Bonchev–Trinajstić information content (AvgIpc) is 3.23. The van der Waals surface area contributed by atoms with Crippen LogP contribution in [-0.2, 0) is 14.1 Å². The number of rotatable bonds is 3. The summed E-state index contributed by atoms with van der Waals surface area (Å²) in [6.07, 6.45) is 0. The first-order valence-corrected chi connectivity index (χ1v) is 9.88. The van der Waals surface area contributed by atoms with E-state index >= 15 is 0 Å². The lowest BCUT2D eigenvalue weighted by Crippen LogP contribution is -1.97. The lowest BCUT2D eigenvalue weighted by Gasteiger charge is -2.08. The molecule has 0 fully saturated rings. The van der Waals surface area contributed by atoms with E-state index in [1.807, 2.05) is 6.07 Å². The van der Waals surface area contributed by atoms with Crippen LogP contribution in [0.4, 0.5) is 0 Å². The van der Waals surface area contributed by atoms with Gasteiger partial charge in [-0.2, -0.15) is 0 Å². The number of fused-ring (bicyclic) bond motifs is 1. The highest BCUT2D eigenvalue weighted by atomic mass is 15.1. The highest BCUT2D eigenvalue weighted by Gasteiger charge is 2.23. The van der Waals surface area contributed by atoms with Gasteiger partial charge in [-0.05, 0) is 13.0 Å². The smallest absolute Gasteiger partial charge is 0.143 e. The molecular weight excluding hydrogens is 354 g/mol. The molecule has 3 nitrogen and oxygen atoms in total. The van der Waals surface area contributed by atoms with E-state index in [2.05, 4.69) is 109 Å². The largest absolute Gasteiger partial charge is 0.347 e. The molecular formula is C26H23N3. The second-order valence-corrected chi connectivity index (χ2v) is 7.46. The van der Waals surface area contributed by atoms with Gasteiger partial charge in [0.25, 0.3) is 0 Å². The van der Waals surface area contributed by atoms with Gasteiger partial charge < -0.3 is 9.13 Å². The van der Waals surface area contributed by atoms with E-state index in [0.717, 1.165) is 22.8 Å². The minimum Gasteiger partial charge on any atom is -0.347 e. The zero-order chi connectivity index (χ0) is 20.0. The average molecular weight is 377 g/mol. The van der Waals surface area contributed by atoms with Crippen LogP contribution in [0.2, 0.25) is 0 Å². The van der Waals surface area contributed by atoms with Crippen molar-refractivity contribution in [2.45, 2.75) is 6.92 Å². The fraction of sp³-hybridized carbons (Fsp3) is 0.115. The number of para-hydroxylation sites is 1. The summed E-state index contributed by atoms with van der Waals surface area (Å²) < 4.78 is 4.50. The monoisotopic (exact) mass is 377 g/mol. The van der Waals surface area contributed by atoms with Crippen molar-refractivity contribution in [1.29, 1.82) is 0 Å². The molecule has 142 valence electrons. The van der Waals surface area contributed by atoms with E-state index in [9.17, 15) is 0 Å². The van der Waals surface area contributed by atoms with Crippen LogP contribution in [-0.4, -0.2) is 14.1 Å². The normalized spacial score (nSPS) is 11.3. The molecule has 0 amide bonds. The van der Waals surface area contributed by atoms with Crippen molar-refractivity contribution in [3.8, 4) is 33.9 Å². The Bertz CT molecular complexity index is 1310. The maximum atomic E-state index is 5.20. The first kappa shape index (κ1) is 17.5. The number of imidazole rings is 1. The molecule has 5 rings (SSSR count). The van der Waals surface area contributed by atoms with Crippen molar-refractivity contribution < 1.29 is 0 Å². The Labute approximate surface area is 170 Å². The summed E-state index contributed by atoms with van der Waals surface area (Å²) in [6, 6.07) is 29.5. The first-order valence-electron chi connectivity index (χ1n) is 9.88. The Morgan fingerprint density at radius 2 is 1.24 bits per heavy atom. The molecule has 3 heteroatoms. The highest BCUT2D eigenvalue weighted by molar-refractivity contribution is 5.97. The third-order valence-electron chi connectivity index (χ3n) is 5.81. The molecule has 0 N–H and O–H groups in total. The molecule has 0 unspecified atom stereocenters. The lowest BCUT2D eigenvalue weighted by atomic mass is 10.1. The van der Waals surface area contributed by atoms with Crippen molar-refractivity contribution in [3.05, 3.63) is 90.6 Å². The molecule has 3 aromatic carbocycles. The van der Waals surface area contributed by atoms with E-state index < -0.39 is 0 Å². The Kier molecular flexibility index (Phi) is 4.09. The molecule has 5 aromatic rings. The molecule has 0 saturated heterocycles. The van der Waals surface area contributed by atoms with Gasteiger partial charge in [-0.25, -0.2) is 4.98 Å². The number of benzene rings is 3. The maximum Gasteiger partial charge on any atom is 0.143 e. The molecule has 0 spiro atoms. The van der Waals surface area contributed by atoms with Gasteiger partial charge in [0.05, 0.1) is 11.4 Å². The van der Waals surface area contributed by atoms with Gasteiger partial charge in [0.2, 0.25) is 0 Å². The molecule has 0 aliphatic rings. The van der Waals surface area contributed by atoms with E-state index in [1.165, 1.54) is 27.7 Å². The second kappa shape index (κ2) is 6.78. The van der Waals surface area contributed by atoms with Crippen LogP contribution >= 0.6 is 0 Å². The summed E-state index contributed by atoms with van der Waals surface area (Å²) >= 11 is 0. The summed E-state index contributed by atoms with van der Waals surface area (Å²) in [5, 5.41) is 1.24. The molecule has 0 atom stereocenters. The van der Waals surface area contributed by atoms with Crippen molar-refractivity contribution in [2.75, 3.05) is 0 Å². The highest BCUT2D eigenvalue weighted by Crippen LogP contribution is 2.39. The zero-order valence-electron chi connectivity index (χ0n) is 16.9. The Balaban J connectivity index is 1.85. The molecule has 0 aliphatic heterocycles. The number of hydrogen-bond acceptors (Lipinski definition) is 1. The van der Waals surface area contributed by atoms with Crippen LogP contribution in [0.1, 0.15) is 5.69 Å². The third-order valence-corrected chi connectivity index (χ3v) is 5.81. The Morgan fingerprint density at radius 3 is 1.93 bits per heavy atom. The van der Waals surface area contributed by atoms with E-state index in [4.69, 9.17) is 4.98 Å². The molecule has 2 heterocycles. The summed E-state index contributed by atoms with van der Waals surface area (Å²) in [6.45, 7) is 2.17. The van der Waals surface area contributed by atoms with Crippen LogP contribution in [0.5, 0.6) is 0 Å². The number of aryl methyl sites for hydroxylation is 1. The molecule has 0 radical (unpaired) electrons. The number of aromatic nitrogens is 3. The lowest BCUT2D eigenvalue weighted by molar-refractivity contribution is 0.902. The van der Waals surface area contributed by atoms with Crippen LogP contribution in [0.25, 0.3) is 44.8 Å². The summed E-state index contributed by atoms with van der Waals surface area (Å²) in [7, 11) is 4.25. The first-order chi connectivity index (χ1) is 14.2. The molecule has 0 bridgehead atoms. The Hall–Kier alpha value is -3.59. The zero-order valence-corrected chi connectivity index (χ0v) is 16.9. The van der Waals surface area contributed by atoms with Gasteiger partial charge >= 0.3 is 0 Å². The predicted octanol–water partition coefficient (Wildman–Crippen LogP) is 6.22. The van der Waals surface area contributed by atoms with Gasteiger partial charge in [0, 0.05) is 47.4 Å². The van der Waals surface area contributed by atoms with Crippen LogP contribution < -0.4 is 0 Å². The van der Waals surface area contributed by atoms with Crippen LogP contribution in [0.3, 0.4) is 0 Å².